The van der Waals surface area contributed by atoms with Gasteiger partial charge in [-0.15, -0.1) is 0 Å². The molecule has 0 unspecified atom stereocenters. The molecule has 1 aromatic heterocycles. The van der Waals surface area contributed by atoms with Gasteiger partial charge >= 0.3 is 0 Å². The Bertz CT molecular complexity index is 755. The third kappa shape index (κ3) is 5.27. The fourth-order valence-corrected chi connectivity index (χ4v) is 3.44. The molecule has 1 atom stereocenters. The Morgan fingerprint density at radius 2 is 1.82 bits per heavy atom. The Morgan fingerprint density at radius 3 is 2.46 bits per heavy atom. The summed E-state index contributed by atoms with van der Waals surface area (Å²) in [5.74, 6) is 2.29. The highest BCUT2D eigenvalue weighted by Crippen LogP contribution is 2.28. The van der Waals surface area contributed by atoms with Gasteiger partial charge in [0.25, 0.3) is 0 Å². The summed E-state index contributed by atoms with van der Waals surface area (Å²) in [6.45, 7) is 6.79. The van der Waals surface area contributed by atoms with E-state index in [4.69, 9.17) is 13.9 Å². The lowest BCUT2D eigenvalue weighted by atomic mass is 10.1. The van der Waals surface area contributed by atoms with Gasteiger partial charge in [0.1, 0.15) is 5.76 Å². The zero-order chi connectivity index (χ0) is 19.9. The number of carbonyl (C=O) groups excluding carboxylic acids is 1. The number of amides is 1. The van der Waals surface area contributed by atoms with Gasteiger partial charge in [0.15, 0.2) is 11.5 Å². The van der Waals surface area contributed by atoms with Crippen molar-refractivity contribution in [3.8, 4) is 11.5 Å². The van der Waals surface area contributed by atoms with Crippen molar-refractivity contribution in [1.82, 2.24) is 15.1 Å². The summed E-state index contributed by atoms with van der Waals surface area (Å²) in [5, 5.41) is 2.99. The summed E-state index contributed by atoms with van der Waals surface area (Å²) in [7, 11) is 3.29. The number of hydrogen-bond donors (Lipinski definition) is 1. The van der Waals surface area contributed by atoms with E-state index in [1.165, 1.54) is 5.56 Å². The molecule has 152 valence electrons. The highest BCUT2D eigenvalue weighted by molar-refractivity contribution is 5.78. The molecule has 0 aliphatic carbocycles. The normalized spacial score (nSPS) is 16.5. The Kier molecular flexibility index (Phi) is 6.95. The summed E-state index contributed by atoms with van der Waals surface area (Å²) in [4.78, 5) is 16.9. The molecule has 0 spiro atoms. The van der Waals surface area contributed by atoms with Gasteiger partial charge in [0.05, 0.1) is 33.1 Å². The van der Waals surface area contributed by atoms with E-state index < -0.39 is 0 Å². The van der Waals surface area contributed by atoms with Crippen LogP contribution in [0.3, 0.4) is 0 Å². The first-order chi connectivity index (χ1) is 13.6. The Morgan fingerprint density at radius 1 is 1.11 bits per heavy atom. The average Bonchev–Trinajstić information content (AvgIpc) is 3.24. The van der Waals surface area contributed by atoms with Gasteiger partial charge in [-0.3, -0.25) is 14.6 Å². The van der Waals surface area contributed by atoms with E-state index in [0.717, 1.165) is 50.0 Å². The first-order valence-electron chi connectivity index (χ1n) is 9.57. The molecule has 1 amide bonds. The largest absolute Gasteiger partial charge is 0.493 e. The zero-order valence-electron chi connectivity index (χ0n) is 16.8. The molecule has 2 aromatic rings. The lowest BCUT2D eigenvalue weighted by Gasteiger charge is -2.34. The summed E-state index contributed by atoms with van der Waals surface area (Å²) >= 11 is 0. The van der Waals surface area contributed by atoms with Gasteiger partial charge < -0.3 is 19.2 Å². The van der Waals surface area contributed by atoms with Crippen molar-refractivity contribution in [2.75, 3.05) is 46.9 Å². The molecule has 1 saturated heterocycles. The maximum absolute atomic E-state index is 12.3. The number of hydrogen-bond acceptors (Lipinski definition) is 6. The van der Waals surface area contributed by atoms with E-state index in [1.54, 1.807) is 20.5 Å². The van der Waals surface area contributed by atoms with E-state index in [-0.39, 0.29) is 11.9 Å². The molecule has 2 heterocycles. The second-order valence-electron chi connectivity index (χ2n) is 7.05. The maximum atomic E-state index is 12.3. The number of carbonyl (C=O) groups is 1. The van der Waals surface area contributed by atoms with Gasteiger partial charge in [-0.05, 0) is 36.8 Å². The van der Waals surface area contributed by atoms with Crippen LogP contribution in [0.15, 0.2) is 41.0 Å². The van der Waals surface area contributed by atoms with Gasteiger partial charge in [-0.1, -0.05) is 6.07 Å². The van der Waals surface area contributed by atoms with Crippen LogP contribution in [0.25, 0.3) is 0 Å². The van der Waals surface area contributed by atoms with Crippen LogP contribution in [0.2, 0.25) is 0 Å². The first-order valence-corrected chi connectivity index (χ1v) is 9.57. The first kappa shape index (κ1) is 20.2. The van der Waals surface area contributed by atoms with Crippen LogP contribution in [-0.4, -0.2) is 62.7 Å². The molecule has 7 heteroatoms. The molecule has 1 N–H and O–H groups in total. The van der Waals surface area contributed by atoms with E-state index in [9.17, 15) is 4.79 Å². The van der Waals surface area contributed by atoms with Gasteiger partial charge in [-0.2, -0.15) is 0 Å². The quantitative estimate of drug-likeness (QED) is 0.750. The molecule has 1 aromatic carbocycles. The van der Waals surface area contributed by atoms with E-state index >= 15 is 0 Å². The number of furan rings is 1. The molecular weight excluding hydrogens is 358 g/mol. The van der Waals surface area contributed by atoms with Crippen LogP contribution in [0, 0.1) is 0 Å². The second-order valence-corrected chi connectivity index (χ2v) is 7.05. The van der Waals surface area contributed by atoms with Crippen LogP contribution in [0.4, 0.5) is 0 Å². The third-order valence-electron chi connectivity index (χ3n) is 5.03. The number of rotatable bonds is 8. The van der Waals surface area contributed by atoms with Crippen molar-refractivity contribution in [1.29, 1.82) is 0 Å². The smallest absolute Gasteiger partial charge is 0.234 e. The molecular formula is C21H29N3O4. The van der Waals surface area contributed by atoms with E-state index in [0.29, 0.717) is 6.54 Å². The number of benzene rings is 1. The van der Waals surface area contributed by atoms with Gasteiger partial charge in [-0.25, -0.2) is 0 Å². The van der Waals surface area contributed by atoms with Gasteiger partial charge in [0.2, 0.25) is 5.91 Å². The highest BCUT2D eigenvalue weighted by atomic mass is 16.5. The fourth-order valence-electron chi connectivity index (χ4n) is 3.44. The monoisotopic (exact) mass is 387 g/mol. The minimum Gasteiger partial charge on any atom is -0.493 e. The molecule has 3 rings (SSSR count). The van der Waals surface area contributed by atoms with Crippen LogP contribution >= 0.6 is 0 Å². The van der Waals surface area contributed by atoms with Crippen molar-refractivity contribution >= 4 is 5.91 Å². The lowest BCUT2D eigenvalue weighted by Crippen LogP contribution is -2.49. The van der Waals surface area contributed by atoms with Gasteiger partial charge in [0, 0.05) is 32.7 Å². The summed E-state index contributed by atoms with van der Waals surface area (Å²) in [6, 6.07) is 9.61. The number of nitrogens with one attached hydrogen (secondary N) is 1. The topological polar surface area (TPSA) is 67.2 Å². The molecule has 0 radical (unpaired) electrons. The van der Waals surface area contributed by atoms with Crippen molar-refractivity contribution in [3.05, 3.63) is 47.9 Å². The van der Waals surface area contributed by atoms with Crippen molar-refractivity contribution in [2.45, 2.75) is 19.5 Å². The molecule has 1 aliphatic rings. The molecule has 7 nitrogen and oxygen atoms in total. The second kappa shape index (κ2) is 9.61. The van der Waals surface area contributed by atoms with Crippen molar-refractivity contribution in [3.63, 3.8) is 0 Å². The fraction of sp³-hybridized carbons (Fsp3) is 0.476. The number of methoxy groups -OCH3 is 2. The SMILES string of the molecule is COc1ccc(CN2CCN(CC(=O)N[C@@H](C)c3ccco3)CC2)cc1OC. The highest BCUT2D eigenvalue weighted by Gasteiger charge is 2.20. The molecule has 28 heavy (non-hydrogen) atoms. The van der Waals surface area contributed by atoms with E-state index in [2.05, 4.69) is 21.2 Å². The summed E-state index contributed by atoms with van der Waals surface area (Å²) < 4.78 is 16.0. The Labute approximate surface area is 166 Å². The molecule has 0 saturated carbocycles. The minimum absolute atomic E-state index is 0.0252. The third-order valence-corrected chi connectivity index (χ3v) is 5.03. The standard InChI is InChI=1S/C21H29N3O4/c1-16(18-5-4-12-28-18)22-21(25)15-24-10-8-23(9-11-24)14-17-6-7-19(26-2)20(13-17)27-3/h4-7,12-13,16H,8-11,14-15H2,1-3H3,(H,22,25)/t16-/m0/s1. The average molecular weight is 387 g/mol. The number of piperazine rings is 1. The predicted molar refractivity (Wildman–Crippen MR) is 107 cm³/mol. The number of ether oxygens (including phenoxy) is 2. The van der Waals surface area contributed by atoms with Crippen LogP contribution in [0.5, 0.6) is 11.5 Å². The molecule has 1 aliphatic heterocycles. The van der Waals surface area contributed by atoms with Crippen LogP contribution in [0.1, 0.15) is 24.3 Å². The Balaban J connectivity index is 1.43. The zero-order valence-corrected chi connectivity index (χ0v) is 16.8. The maximum Gasteiger partial charge on any atom is 0.234 e. The van der Waals surface area contributed by atoms with Crippen molar-refractivity contribution < 1.29 is 18.7 Å². The minimum atomic E-state index is -0.117. The predicted octanol–water partition coefficient (Wildman–Crippen LogP) is 2.29. The molecule has 1 fully saturated rings. The lowest BCUT2D eigenvalue weighted by molar-refractivity contribution is -0.123. The van der Waals surface area contributed by atoms with Crippen LogP contribution in [-0.2, 0) is 11.3 Å². The number of nitrogens with zero attached hydrogens (tertiary/aromatic N) is 2. The summed E-state index contributed by atoms with van der Waals surface area (Å²) in [5.41, 5.74) is 1.19. The Hall–Kier alpha value is -2.51. The molecule has 0 bridgehead atoms. The van der Waals surface area contributed by atoms with Crippen molar-refractivity contribution in [2.24, 2.45) is 0 Å². The van der Waals surface area contributed by atoms with E-state index in [1.807, 2.05) is 31.2 Å². The van der Waals surface area contributed by atoms with Crippen LogP contribution < -0.4 is 14.8 Å². The summed E-state index contributed by atoms with van der Waals surface area (Å²) in [6.07, 6.45) is 1.62.